The van der Waals surface area contributed by atoms with Crippen molar-refractivity contribution in [3.63, 3.8) is 0 Å². The lowest BCUT2D eigenvalue weighted by molar-refractivity contribution is -0.138. The van der Waals surface area contributed by atoms with Crippen LogP contribution in [0.1, 0.15) is 13.8 Å². The first kappa shape index (κ1) is 13.9. The number of benzene rings is 1. The van der Waals surface area contributed by atoms with Crippen LogP contribution in [0.15, 0.2) is 39.9 Å². The summed E-state index contributed by atoms with van der Waals surface area (Å²) >= 11 is 0. The maximum absolute atomic E-state index is 11.6. The topological polar surface area (TPSA) is 89.7 Å². The molecule has 20 heavy (non-hydrogen) atoms. The number of fused-ring (bicyclic) bond motifs is 1. The van der Waals surface area contributed by atoms with Crippen molar-refractivity contribution in [1.29, 1.82) is 0 Å². The number of carbonyl (C=O) groups is 1. The number of hydrogen-bond acceptors (Lipinski definition) is 7. The van der Waals surface area contributed by atoms with E-state index < -0.39 is 5.97 Å². The zero-order valence-corrected chi connectivity index (χ0v) is 11.1. The Hall–Kier alpha value is -2.57. The monoisotopic (exact) mass is 278 g/mol. The lowest BCUT2D eigenvalue weighted by Gasteiger charge is -2.02. The summed E-state index contributed by atoms with van der Waals surface area (Å²) in [4.78, 5) is 11.6. The molecular formula is C13H14N2O5. The van der Waals surface area contributed by atoms with E-state index >= 15 is 0 Å². The van der Waals surface area contributed by atoms with Crippen LogP contribution in [0.3, 0.4) is 0 Å². The fraction of sp³-hybridized carbons (Fsp3) is 0.308. The molecule has 2 rings (SSSR count). The number of aliphatic hydroxyl groups excluding tert-OH is 1. The van der Waals surface area contributed by atoms with Gasteiger partial charge < -0.3 is 19.3 Å². The maximum atomic E-state index is 11.6. The highest BCUT2D eigenvalue weighted by atomic mass is 16.7. The van der Waals surface area contributed by atoms with Gasteiger partial charge in [-0.05, 0) is 26.0 Å². The summed E-state index contributed by atoms with van der Waals surface area (Å²) in [6.45, 7) is 3.36. The molecule has 0 bridgehead atoms. The molecule has 1 aromatic rings. The molecule has 0 radical (unpaired) electrons. The third-order valence-electron chi connectivity index (χ3n) is 2.43. The molecule has 1 heterocycles. The van der Waals surface area contributed by atoms with Crippen molar-refractivity contribution in [3.05, 3.63) is 29.7 Å². The van der Waals surface area contributed by atoms with Gasteiger partial charge in [0.1, 0.15) is 5.76 Å². The fourth-order valence-corrected chi connectivity index (χ4v) is 1.52. The second-order valence-electron chi connectivity index (χ2n) is 3.89. The smallest absolute Gasteiger partial charge is 0.362 e. The zero-order valence-electron chi connectivity index (χ0n) is 11.1. The molecule has 0 unspecified atom stereocenters. The first-order valence-corrected chi connectivity index (χ1v) is 6.00. The number of azo groups is 1. The Morgan fingerprint density at radius 3 is 2.85 bits per heavy atom. The van der Waals surface area contributed by atoms with Crippen molar-refractivity contribution >= 4 is 11.7 Å². The van der Waals surface area contributed by atoms with Crippen LogP contribution in [0.4, 0.5) is 5.69 Å². The minimum Gasteiger partial charge on any atom is -0.510 e. The molecule has 7 heteroatoms. The van der Waals surface area contributed by atoms with Gasteiger partial charge in [-0.2, -0.15) is 5.11 Å². The fourth-order valence-electron chi connectivity index (χ4n) is 1.52. The van der Waals surface area contributed by atoms with Gasteiger partial charge in [0.2, 0.25) is 12.5 Å². The van der Waals surface area contributed by atoms with E-state index in [9.17, 15) is 9.90 Å². The molecule has 0 saturated carbocycles. The van der Waals surface area contributed by atoms with Gasteiger partial charge in [-0.15, -0.1) is 5.11 Å². The number of rotatable bonds is 4. The average molecular weight is 278 g/mol. The molecule has 0 saturated heterocycles. The van der Waals surface area contributed by atoms with Crippen LogP contribution in [0.25, 0.3) is 0 Å². The summed E-state index contributed by atoms with van der Waals surface area (Å²) in [7, 11) is 0. The highest BCUT2D eigenvalue weighted by Gasteiger charge is 2.15. The van der Waals surface area contributed by atoms with Gasteiger partial charge in [0.25, 0.3) is 0 Å². The van der Waals surface area contributed by atoms with Crippen molar-refractivity contribution in [2.24, 2.45) is 10.2 Å². The number of nitrogens with zero attached hydrogens (tertiary/aromatic N) is 2. The second kappa shape index (κ2) is 6.05. The van der Waals surface area contributed by atoms with Crippen molar-refractivity contribution < 1.29 is 24.1 Å². The molecule has 0 atom stereocenters. The average Bonchev–Trinajstić information content (AvgIpc) is 2.86. The van der Waals surface area contributed by atoms with E-state index in [2.05, 4.69) is 10.2 Å². The van der Waals surface area contributed by atoms with Gasteiger partial charge >= 0.3 is 5.97 Å². The Kier molecular flexibility index (Phi) is 4.19. The molecule has 0 spiro atoms. The summed E-state index contributed by atoms with van der Waals surface area (Å²) in [6.07, 6.45) is 0. The molecule has 1 aliphatic heterocycles. The molecule has 0 amide bonds. The van der Waals surface area contributed by atoms with Crippen LogP contribution in [0, 0.1) is 0 Å². The quantitative estimate of drug-likeness (QED) is 0.396. The summed E-state index contributed by atoms with van der Waals surface area (Å²) in [5, 5.41) is 17.0. The molecule has 0 fully saturated rings. The van der Waals surface area contributed by atoms with Gasteiger partial charge in [0, 0.05) is 6.07 Å². The van der Waals surface area contributed by atoms with Gasteiger partial charge in [-0.25, -0.2) is 4.79 Å². The summed E-state index contributed by atoms with van der Waals surface area (Å²) in [6, 6.07) is 4.98. The molecule has 1 N–H and O–H groups in total. The number of allylic oxidation sites excluding steroid dienone is 1. The number of hydrogen-bond donors (Lipinski definition) is 1. The molecule has 106 valence electrons. The summed E-state index contributed by atoms with van der Waals surface area (Å²) in [5.74, 6) is 0.206. The lowest BCUT2D eigenvalue weighted by Crippen LogP contribution is -2.07. The van der Waals surface area contributed by atoms with Crippen LogP contribution < -0.4 is 9.47 Å². The van der Waals surface area contributed by atoms with Crippen LogP contribution >= 0.6 is 0 Å². The van der Waals surface area contributed by atoms with Crippen LogP contribution in [0.2, 0.25) is 0 Å². The van der Waals surface area contributed by atoms with E-state index in [1.54, 1.807) is 25.1 Å². The number of carbonyl (C=O) groups excluding carboxylic acids is 1. The van der Waals surface area contributed by atoms with Crippen LogP contribution in [0.5, 0.6) is 11.5 Å². The first-order chi connectivity index (χ1) is 9.61. The summed E-state index contributed by atoms with van der Waals surface area (Å²) in [5.41, 5.74) is 0.238. The SMILES string of the molecule is CCOC(=O)/C(N=Nc1ccc2c(c1)OCO2)=C(\C)O. The predicted molar refractivity (Wildman–Crippen MR) is 69.0 cm³/mol. The van der Waals surface area contributed by atoms with E-state index in [0.717, 1.165) is 0 Å². The molecule has 7 nitrogen and oxygen atoms in total. The van der Waals surface area contributed by atoms with Crippen LogP contribution in [-0.4, -0.2) is 24.5 Å². The standard InChI is InChI=1S/C13H14N2O5/c1-3-18-13(17)12(8(2)16)15-14-9-4-5-10-11(6-9)20-7-19-10/h4-6,16H,3,7H2,1-2H3/b12-8-,15-14?. The van der Waals surface area contributed by atoms with Gasteiger partial charge in [-0.1, -0.05) is 0 Å². The number of ether oxygens (including phenoxy) is 3. The largest absolute Gasteiger partial charge is 0.510 e. The van der Waals surface area contributed by atoms with Crippen molar-refractivity contribution in [2.75, 3.05) is 13.4 Å². The van der Waals surface area contributed by atoms with Crippen LogP contribution in [-0.2, 0) is 9.53 Å². The highest BCUT2D eigenvalue weighted by molar-refractivity contribution is 5.88. The third kappa shape index (κ3) is 3.05. The molecule has 0 aliphatic carbocycles. The minimum absolute atomic E-state index is 0.166. The molecule has 1 aliphatic rings. The number of aliphatic hydroxyl groups is 1. The third-order valence-corrected chi connectivity index (χ3v) is 2.43. The first-order valence-electron chi connectivity index (χ1n) is 6.00. The Labute approximate surface area is 115 Å². The minimum atomic E-state index is -0.725. The van der Waals surface area contributed by atoms with Crippen molar-refractivity contribution in [1.82, 2.24) is 0 Å². The molecule has 1 aromatic carbocycles. The van der Waals surface area contributed by atoms with Gasteiger partial charge in [0.05, 0.1) is 12.3 Å². The Balaban J connectivity index is 2.19. The maximum Gasteiger partial charge on any atom is 0.362 e. The van der Waals surface area contributed by atoms with E-state index in [4.69, 9.17) is 14.2 Å². The van der Waals surface area contributed by atoms with Gasteiger partial charge in [-0.3, -0.25) is 0 Å². The zero-order chi connectivity index (χ0) is 14.5. The molecule has 0 aromatic heterocycles. The highest BCUT2D eigenvalue weighted by Crippen LogP contribution is 2.35. The normalized spacial score (nSPS) is 14.3. The Morgan fingerprint density at radius 1 is 1.40 bits per heavy atom. The second-order valence-corrected chi connectivity index (χ2v) is 3.89. The Bertz CT molecular complexity index is 576. The van der Waals surface area contributed by atoms with Crippen molar-refractivity contribution in [2.45, 2.75) is 13.8 Å². The van der Waals surface area contributed by atoms with E-state index in [0.29, 0.717) is 17.2 Å². The molecular weight excluding hydrogens is 264 g/mol. The van der Waals surface area contributed by atoms with Crippen molar-refractivity contribution in [3.8, 4) is 11.5 Å². The summed E-state index contributed by atoms with van der Waals surface area (Å²) < 4.78 is 15.1. The van der Waals surface area contributed by atoms with E-state index in [-0.39, 0.29) is 24.9 Å². The lowest BCUT2D eigenvalue weighted by atomic mass is 10.3. The number of esters is 1. The van der Waals surface area contributed by atoms with Gasteiger partial charge in [0.15, 0.2) is 11.5 Å². The Morgan fingerprint density at radius 2 is 2.15 bits per heavy atom. The van der Waals surface area contributed by atoms with E-state index in [1.807, 2.05) is 0 Å². The van der Waals surface area contributed by atoms with E-state index in [1.165, 1.54) is 6.92 Å². The predicted octanol–water partition coefficient (Wildman–Crippen LogP) is 2.85.